The van der Waals surface area contributed by atoms with E-state index in [2.05, 4.69) is 4.90 Å². The molecule has 0 radical (unpaired) electrons. The summed E-state index contributed by atoms with van der Waals surface area (Å²) in [6, 6.07) is 4.67. The van der Waals surface area contributed by atoms with E-state index in [1.165, 1.54) is 12.1 Å². The summed E-state index contributed by atoms with van der Waals surface area (Å²) in [5, 5.41) is 9.99. The second kappa shape index (κ2) is 7.99. The van der Waals surface area contributed by atoms with E-state index in [0.29, 0.717) is 6.54 Å². The minimum atomic E-state index is -4.40. The molecule has 0 amide bonds. The van der Waals surface area contributed by atoms with E-state index in [4.69, 9.17) is 9.47 Å². The molecule has 1 aliphatic heterocycles. The normalized spacial score (nSPS) is 18.8. The van der Waals surface area contributed by atoms with Crippen LogP contribution in [0.15, 0.2) is 24.3 Å². The number of alkyl halides is 3. The maximum atomic E-state index is 12.6. The number of rotatable bonds is 6. The molecule has 1 saturated heterocycles. The lowest BCUT2D eigenvalue weighted by Gasteiger charge is -2.32. The van der Waals surface area contributed by atoms with Crippen LogP contribution in [0, 0.1) is 0 Å². The molecule has 1 heterocycles. The number of piperidine rings is 1. The molecule has 1 fully saturated rings. The Morgan fingerprint density at radius 2 is 2.00 bits per heavy atom. The number of likely N-dealkylation sites (tertiary alicyclic amines) is 1. The number of methoxy groups -OCH3 is 1. The number of aliphatic hydroxyl groups is 1. The SMILES string of the molecule is COC1CCN(CC(O)COc2cccc(C(F)(F)F)c2)CC1. The van der Waals surface area contributed by atoms with Gasteiger partial charge in [-0.2, -0.15) is 13.2 Å². The maximum Gasteiger partial charge on any atom is 0.416 e. The molecule has 1 aromatic carbocycles. The molecule has 1 unspecified atom stereocenters. The third-order valence-electron chi connectivity index (χ3n) is 3.94. The Balaban J connectivity index is 1.77. The van der Waals surface area contributed by atoms with Crippen LogP contribution in [-0.4, -0.2) is 55.6 Å². The van der Waals surface area contributed by atoms with Gasteiger partial charge in [0.25, 0.3) is 0 Å². The van der Waals surface area contributed by atoms with Gasteiger partial charge in [0.15, 0.2) is 0 Å². The van der Waals surface area contributed by atoms with Gasteiger partial charge in [-0.05, 0) is 31.0 Å². The molecule has 130 valence electrons. The summed E-state index contributed by atoms with van der Waals surface area (Å²) in [7, 11) is 1.69. The summed E-state index contributed by atoms with van der Waals surface area (Å²) in [5.74, 6) is 0.108. The highest BCUT2D eigenvalue weighted by molar-refractivity contribution is 5.30. The van der Waals surface area contributed by atoms with Crippen molar-refractivity contribution in [2.24, 2.45) is 0 Å². The topological polar surface area (TPSA) is 41.9 Å². The van der Waals surface area contributed by atoms with Gasteiger partial charge in [0.2, 0.25) is 0 Å². The minimum Gasteiger partial charge on any atom is -0.491 e. The average Bonchev–Trinajstić information content (AvgIpc) is 2.53. The van der Waals surface area contributed by atoms with Crippen molar-refractivity contribution < 1.29 is 27.8 Å². The van der Waals surface area contributed by atoms with Gasteiger partial charge >= 0.3 is 6.18 Å². The van der Waals surface area contributed by atoms with Crippen molar-refractivity contribution in [1.29, 1.82) is 0 Å². The van der Waals surface area contributed by atoms with Gasteiger partial charge in [-0.1, -0.05) is 6.07 Å². The lowest BCUT2D eigenvalue weighted by Crippen LogP contribution is -2.42. The number of β-amino-alcohol motifs (C(OH)–C–C–N with tert-alkyl or cyclic N) is 1. The molecule has 0 saturated carbocycles. The quantitative estimate of drug-likeness (QED) is 0.869. The first kappa shape index (κ1) is 18.0. The van der Waals surface area contributed by atoms with Crippen LogP contribution in [0.25, 0.3) is 0 Å². The van der Waals surface area contributed by atoms with E-state index in [1.54, 1.807) is 7.11 Å². The molecule has 1 atom stereocenters. The van der Waals surface area contributed by atoms with Crippen LogP contribution in [0.3, 0.4) is 0 Å². The van der Waals surface area contributed by atoms with E-state index < -0.39 is 17.8 Å². The molecule has 2 rings (SSSR count). The summed E-state index contributed by atoms with van der Waals surface area (Å²) >= 11 is 0. The fourth-order valence-electron chi connectivity index (χ4n) is 2.63. The molecule has 4 nitrogen and oxygen atoms in total. The number of halogens is 3. The Morgan fingerprint density at radius 1 is 1.30 bits per heavy atom. The molecule has 0 bridgehead atoms. The van der Waals surface area contributed by atoms with E-state index in [-0.39, 0.29) is 18.5 Å². The lowest BCUT2D eigenvalue weighted by molar-refractivity contribution is -0.137. The summed E-state index contributed by atoms with van der Waals surface area (Å²) in [4.78, 5) is 2.11. The largest absolute Gasteiger partial charge is 0.491 e. The standard InChI is InChI=1S/C16H22F3NO3/c1-22-14-5-7-20(8-6-14)10-13(21)11-23-15-4-2-3-12(9-15)16(17,18)19/h2-4,9,13-14,21H,5-8,10-11H2,1H3. The summed E-state index contributed by atoms with van der Waals surface area (Å²) in [5.41, 5.74) is -0.758. The lowest BCUT2D eigenvalue weighted by atomic mass is 10.1. The molecule has 0 spiro atoms. The molecule has 1 aromatic rings. The first-order chi connectivity index (χ1) is 10.9. The van der Waals surface area contributed by atoms with Crippen LogP contribution in [0.1, 0.15) is 18.4 Å². The number of hydrogen-bond acceptors (Lipinski definition) is 4. The maximum absolute atomic E-state index is 12.6. The molecular weight excluding hydrogens is 311 g/mol. The fraction of sp³-hybridized carbons (Fsp3) is 0.625. The van der Waals surface area contributed by atoms with Crippen molar-refractivity contribution >= 4 is 0 Å². The first-order valence-corrected chi connectivity index (χ1v) is 7.61. The summed E-state index contributed by atoms with van der Waals surface area (Å²) in [6.07, 6.45) is -3.05. The highest BCUT2D eigenvalue weighted by Gasteiger charge is 2.30. The molecule has 7 heteroatoms. The zero-order valence-electron chi connectivity index (χ0n) is 13.1. The van der Waals surface area contributed by atoms with E-state index in [9.17, 15) is 18.3 Å². The third-order valence-corrected chi connectivity index (χ3v) is 3.94. The van der Waals surface area contributed by atoms with Crippen molar-refractivity contribution in [2.75, 3.05) is 33.4 Å². The molecule has 0 aliphatic carbocycles. The van der Waals surface area contributed by atoms with Crippen molar-refractivity contribution in [3.8, 4) is 5.75 Å². The minimum absolute atomic E-state index is 0.0362. The Bertz CT molecular complexity index is 488. The van der Waals surface area contributed by atoms with Crippen LogP contribution < -0.4 is 4.74 Å². The zero-order chi connectivity index (χ0) is 16.9. The second-order valence-corrected chi connectivity index (χ2v) is 5.73. The number of benzene rings is 1. The van der Waals surface area contributed by atoms with Gasteiger partial charge in [-0.3, -0.25) is 0 Å². The van der Waals surface area contributed by atoms with E-state index in [0.717, 1.165) is 38.1 Å². The Labute approximate surface area is 133 Å². The highest BCUT2D eigenvalue weighted by atomic mass is 19.4. The van der Waals surface area contributed by atoms with Crippen LogP contribution in [0.4, 0.5) is 13.2 Å². The van der Waals surface area contributed by atoms with Crippen molar-refractivity contribution in [2.45, 2.75) is 31.2 Å². The predicted molar refractivity (Wildman–Crippen MR) is 79.4 cm³/mol. The zero-order valence-corrected chi connectivity index (χ0v) is 13.1. The summed E-state index contributed by atoms with van der Waals surface area (Å²) in [6.45, 7) is 2.07. The highest BCUT2D eigenvalue weighted by Crippen LogP contribution is 2.31. The van der Waals surface area contributed by atoms with Crippen molar-refractivity contribution in [3.05, 3.63) is 29.8 Å². The average molecular weight is 333 g/mol. The second-order valence-electron chi connectivity index (χ2n) is 5.73. The van der Waals surface area contributed by atoms with Gasteiger partial charge in [-0.25, -0.2) is 0 Å². The van der Waals surface area contributed by atoms with Crippen molar-refractivity contribution in [1.82, 2.24) is 4.90 Å². The Morgan fingerprint density at radius 3 is 2.61 bits per heavy atom. The van der Waals surface area contributed by atoms with Gasteiger partial charge in [0, 0.05) is 26.7 Å². The van der Waals surface area contributed by atoms with E-state index >= 15 is 0 Å². The van der Waals surface area contributed by atoms with Crippen LogP contribution >= 0.6 is 0 Å². The smallest absolute Gasteiger partial charge is 0.416 e. The first-order valence-electron chi connectivity index (χ1n) is 7.61. The van der Waals surface area contributed by atoms with Gasteiger partial charge in [-0.15, -0.1) is 0 Å². The van der Waals surface area contributed by atoms with Crippen LogP contribution in [-0.2, 0) is 10.9 Å². The van der Waals surface area contributed by atoms with Gasteiger partial charge < -0.3 is 19.5 Å². The molecule has 23 heavy (non-hydrogen) atoms. The fourth-order valence-corrected chi connectivity index (χ4v) is 2.63. The molecular formula is C16H22F3NO3. The molecule has 0 aromatic heterocycles. The van der Waals surface area contributed by atoms with Gasteiger partial charge in [0.1, 0.15) is 18.5 Å². The monoisotopic (exact) mass is 333 g/mol. The number of hydrogen-bond donors (Lipinski definition) is 1. The van der Waals surface area contributed by atoms with E-state index in [1.807, 2.05) is 0 Å². The Hall–Kier alpha value is -1.31. The Kier molecular flexibility index (Phi) is 6.26. The summed E-state index contributed by atoms with van der Waals surface area (Å²) < 4.78 is 48.4. The molecule has 1 N–H and O–H groups in total. The predicted octanol–water partition coefficient (Wildman–Crippen LogP) is 2.56. The molecule has 1 aliphatic rings. The number of aliphatic hydroxyl groups excluding tert-OH is 1. The van der Waals surface area contributed by atoms with Crippen LogP contribution in [0.5, 0.6) is 5.75 Å². The van der Waals surface area contributed by atoms with Gasteiger partial charge in [0.05, 0.1) is 11.7 Å². The van der Waals surface area contributed by atoms with Crippen molar-refractivity contribution in [3.63, 3.8) is 0 Å². The third kappa shape index (κ3) is 5.67. The number of nitrogens with zero attached hydrogens (tertiary/aromatic N) is 1. The van der Waals surface area contributed by atoms with Crippen LogP contribution in [0.2, 0.25) is 0 Å². The number of ether oxygens (including phenoxy) is 2.